The molecule has 2 saturated carbocycles. The van der Waals surface area contributed by atoms with Crippen LogP contribution in [0.5, 0.6) is 0 Å². The van der Waals surface area contributed by atoms with E-state index in [9.17, 15) is 0 Å². The Morgan fingerprint density at radius 1 is 1.30 bits per heavy atom. The van der Waals surface area contributed by atoms with E-state index in [1.54, 1.807) is 0 Å². The summed E-state index contributed by atoms with van der Waals surface area (Å²) in [5.41, 5.74) is 0.268. The van der Waals surface area contributed by atoms with Gasteiger partial charge in [-0.1, -0.05) is 12.8 Å². The molecule has 1 aliphatic heterocycles. The van der Waals surface area contributed by atoms with Crippen LogP contribution in [0, 0.1) is 12.3 Å². The Hall–Kier alpha value is -0.940. The molecular weight excluding hydrogens is 495 g/mol. The fourth-order valence-corrected chi connectivity index (χ4v) is 5.16. The van der Waals surface area contributed by atoms with Gasteiger partial charge in [0, 0.05) is 38.3 Å². The molecule has 170 valence electrons. The molecule has 9 heteroatoms. The summed E-state index contributed by atoms with van der Waals surface area (Å²) in [6, 6.07) is 0.415. The third-order valence-electron chi connectivity index (χ3n) is 7.08. The average molecular weight is 532 g/mol. The zero-order valence-corrected chi connectivity index (χ0v) is 20.9. The maximum absolute atomic E-state index is 6.07. The Labute approximate surface area is 197 Å². The van der Waals surface area contributed by atoms with Gasteiger partial charge in [-0.25, -0.2) is 4.99 Å². The summed E-state index contributed by atoms with van der Waals surface area (Å²) in [7, 11) is 1.99. The summed E-state index contributed by atoms with van der Waals surface area (Å²) in [5, 5.41) is 15.7. The Balaban J connectivity index is 0.00000256. The Kier molecular flexibility index (Phi) is 8.37. The number of hydrogen-bond donors (Lipinski definition) is 2. The summed E-state index contributed by atoms with van der Waals surface area (Å²) in [6.45, 7) is 7.02. The smallest absolute Gasteiger partial charge is 0.192 e. The van der Waals surface area contributed by atoms with Crippen LogP contribution in [-0.4, -0.2) is 58.7 Å². The van der Waals surface area contributed by atoms with Crippen LogP contribution in [0.1, 0.15) is 63.5 Å². The first-order chi connectivity index (χ1) is 14.1. The SMILES string of the molecule is CCOC1CC(NC(=NCc2nnc(C)n2C)NCC2CCCO2)C12CCCC2.I. The zero-order chi connectivity index (χ0) is 20.3. The highest BCUT2D eigenvalue weighted by atomic mass is 127. The molecule has 0 radical (unpaired) electrons. The van der Waals surface area contributed by atoms with E-state index in [-0.39, 0.29) is 35.5 Å². The molecule has 0 aromatic carbocycles. The first-order valence-corrected chi connectivity index (χ1v) is 11.3. The minimum Gasteiger partial charge on any atom is -0.378 e. The van der Waals surface area contributed by atoms with Gasteiger partial charge in [-0.3, -0.25) is 0 Å². The van der Waals surface area contributed by atoms with Crippen LogP contribution in [0.2, 0.25) is 0 Å². The van der Waals surface area contributed by atoms with E-state index in [1.807, 2.05) is 18.5 Å². The van der Waals surface area contributed by atoms with Gasteiger partial charge in [-0.15, -0.1) is 34.2 Å². The molecule has 3 unspecified atom stereocenters. The highest BCUT2D eigenvalue weighted by Crippen LogP contribution is 2.54. The summed E-state index contributed by atoms with van der Waals surface area (Å²) >= 11 is 0. The number of ether oxygens (including phenoxy) is 2. The van der Waals surface area contributed by atoms with Crippen molar-refractivity contribution in [2.45, 2.75) is 83.6 Å². The summed E-state index contributed by atoms with van der Waals surface area (Å²) < 4.78 is 13.9. The van der Waals surface area contributed by atoms with Gasteiger partial charge in [0.2, 0.25) is 0 Å². The minimum atomic E-state index is 0. The minimum absolute atomic E-state index is 0. The van der Waals surface area contributed by atoms with Gasteiger partial charge in [0.15, 0.2) is 11.8 Å². The second-order valence-corrected chi connectivity index (χ2v) is 8.72. The van der Waals surface area contributed by atoms with E-state index in [2.05, 4.69) is 27.8 Å². The van der Waals surface area contributed by atoms with Crippen LogP contribution in [0.15, 0.2) is 4.99 Å². The Morgan fingerprint density at radius 3 is 2.73 bits per heavy atom. The molecule has 3 aliphatic rings. The molecule has 0 amide bonds. The molecule has 2 aliphatic carbocycles. The van der Waals surface area contributed by atoms with Gasteiger partial charge in [-0.2, -0.15) is 0 Å². The van der Waals surface area contributed by atoms with Crippen molar-refractivity contribution in [3.63, 3.8) is 0 Å². The molecule has 1 spiro atoms. The fourth-order valence-electron chi connectivity index (χ4n) is 5.16. The van der Waals surface area contributed by atoms with Crippen LogP contribution in [0.3, 0.4) is 0 Å². The Morgan fingerprint density at radius 2 is 2.10 bits per heavy atom. The largest absolute Gasteiger partial charge is 0.378 e. The lowest BCUT2D eigenvalue weighted by molar-refractivity contribution is -0.125. The van der Waals surface area contributed by atoms with Gasteiger partial charge in [0.1, 0.15) is 12.4 Å². The number of aromatic nitrogens is 3. The molecule has 1 aromatic rings. The monoisotopic (exact) mass is 532 g/mol. The molecule has 2 N–H and O–H groups in total. The first kappa shape index (κ1) is 23.7. The van der Waals surface area contributed by atoms with Crippen molar-refractivity contribution in [3.8, 4) is 0 Å². The van der Waals surface area contributed by atoms with Gasteiger partial charge in [-0.05, 0) is 46.0 Å². The molecule has 2 heterocycles. The van der Waals surface area contributed by atoms with Gasteiger partial charge in [0.25, 0.3) is 0 Å². The number of aliphatic imine (C=N–C) groups is 1. The predicted octanol–water partition coefficient (Wildman–Crippen LogP) is 2.69. The molecule has 1 saturated heterocycles. The highest BCUT2D eigenvalue weighted by molar-refractivity contribution is 14.0. The second-order valence-electron chi connectivity index (χ2n) is 8.72. The van der Waals surface area contributed by atoms with E-state index >= 15 is 0 Å². The molecule has 3 atom stereocenters. The topological polar surface area (TPSA) is 85.6 Å². The number of hydrogen-bond acceptors (Lipinski definition) is 5. The fraction of sp³-hybridized carbons (Fsp3) is 0.857. The summed E-state index contributed by atoms with van der Waals surface area (Å²) in [4.78, 5) is 4.85. The van der Waals surface area contributed by atoms with Crippen molar-refractivity contribution in [2.24, 2.45) is 17.5 Å². The molecule has 4 rings (SSSR count). The average Bonchev–Trinajstić information content (AvgIpc) is 3.47. The van der Waals surface area contributed by atoms with Gasteiger partial charge in [0.05, 0.1) is 12.2 Å². The van der Waals surface area contributed by atoms with E-state index in [4.69, 9.17) is 14.5 Å². The van der Waals surface area contributed by atoms with Crippen LogP contribution in [-0.2, 0) is 23.1 Å². The lowest BCUT2D eigenvalue weighted by atomic mass is 9.60. The predicted molar refractivity (Wildman–Crippen MR) is 127 cm³/mol. The van der Waals surface area contributed by atoms with Crippen LogP contribution >= 0.6 is 24.0 Å². The van der Waals surface area contributed by atoms with E-state index < -0.39 is 0 Å². The van der Waals surface area contributed by atoms with Crippen LogP contribution < -0.4 is 10.6 Å². The molecule has 3 fully saturated rings. The van der Waals surface area contributed by atoms with Gasteiger partial charge < -0.3 is 24.7 Å². The number of aryl methyl sites for hydroxylation is 1. The maximum atomic E-state index is 6.07. The van der Waals surface area contributed by atoms with Crippen LogP contribution in [0.4, 0.5) is 0 Å². The lowest BCUT2D eigenvalue weighted by Crippen LogP contribution is -2.65. The number of halogens is 1. The van der Waals surface area contributed by atoms with E-state index in [0.717, 1.165) is 56.6 Å². The van der Waals surface area contributed by atoms with Crippen molar-refractivity contribution >= 4 is 29.9 Å². The molecule has 0 bridgehead atoms. The molecule has 30 heavy (non-hydrogen) atoms. The zero-order valence-electron chi connectivity index (χ0n) is 18.5. The number of nitrogens with one attached hydrogen (secondary N) is 2. The van der Waals surface area contributed by atoms with E-state index in [1.165, 1.54) is 25.7 Å². The number of guanidine groups is 1. The lowest BCUT2D eigenvalue weighted by Gasteiger charge is -2.54. The van der Waals surface area contributed by atoms with Crippen molar-refractivity contribution in [1.29, 1.82) is 0 Å². The second kappa shape index (κ2) is 10.6. The standard InChI is InChI=1S/C21H36N6O2.HI/c1-4-28-18-12-17(21(18)9-5-6-10-21)24-20(22-13-16-8-7-11-29-16)23-14-19-26-25-15(2)27(19)3;/h16-18H,4-14H2,1-3H3,(H2,22,23,24);1H. The Bertz CT molecular complexity index is 712. The molecular formula is C21H37IN6O2. The third-order valence-corrected chi connectivity index (χ3v) is 7.08. The normalized spacial score (nSPS) is 27.7. The number of rotatable bonds is 7. The van der Waals surface area contributed by atoms with Crippen molar-refractivity contribution < 1.29 is 9.47 Å². The van der Waals surface area contributed by atoms with Gasteiger partial charge >= 0.3 is 0 Å². The molecule has 8 nitrogen and oxygen atoms in total. The maximum Gasteiger partial charge on any atom is 0.192 e. The van der Waals surface area contributed by atoms with E-state index in [0.29, 0.717) is 18.7 Å². The summed E-state index contributed by atoms with van der Waals surface area (Å²) in [5.74, 6) is 2.63. The molecule has 1 aromatic heterocycles. The van der Waals surface area contributed by atoms with Crippen molar-refractivity contribution in [1.82, 2.24) is 25.4 Å². The summed E-state index contributed by atoms with van der Waals surface area (Å²) in [6.07, 6.45) is 9.07. The first-order valence-electron chi connectivity index (χ1n) is 11.3. The van der Waals surface area contributed by atoms with Crippen molar-refractivity contribution in [3.05, 3.63) is 11.6 Å². The van der Waals surface area contributed by atoms with Crippen LogP contribution in [0.25, 0.3) is 0 Å². The third kappa shape index (κ3) is 4.93. The highest BCUT2D eigenvalue weighted by Gasteiger charge is 2.57. The quantitative estimate of drug-likeness (QED) is 0.319. The van der Waals surface area contributed by atoms with Crippen molar-refractivity contribution in [2.75, 3.05) is 19.8 Å². The number of nitrogens with zero attached hydrogens (tertiary/aromatic N) is 4.